The first-order chi connectivity index (χ1) is 14.7. The number of benzene rings is 1. The van der Waals surface area contributed by atoms with E-state index in [9.17, 15) is 14.7 Å². The molecule has 166 valence electrons. The minimum atomic E-state index is -0.788. The molecule has 2 aliphatic rings. The standard InChI is InChI=1S/C22H27N3O6/c1-8-31-22(28)16-11(2)23-20-18(21(27)25(5)12(3)24(20)4)17(16)13-9-14(29-6)19(26)15(10-13)30-7/h9-10,17,23,26H,3,8H2,1-2,4-7H3. The number of esters is 1. The topological polar surface area (TPSA) is 101 Å². The molecule has 31 heavy (non-hydrogen) atoms. The van der Waals surface area contributed by atoms with E-state index in [1.54, 1.807) is 45.0 Å². The summed E-state index contributed by atoms with van der Waals surface area (Å²) in [6, 6.07) is 3.17. The molecule has 3 rings (SSSR count). The van der Waals surface area contributed by atoms with Gasteiger partial charge in [0.05, 0.1) is 37.9 Å². The third kappa shape index (κ3) is 3.45. The molecule has 0 aliphatic carbocycles. The lowest BCUT2D eigenvalue weighted by molar-refractivity contribution is -0.138. The van der Waals surface area contributed by atoms with Crippen LogP contribution in [-0.2, 0) is 14.3 Å². The van der Waals surface area contributed by atoms with Crippen LogP contribution in [0, 0.1) is 0 Å². The molecule has 0 spiro atoms. The van der Waals surface area contributed by atoms with Gasteiger partial charge in [-0.25, -0.2) is 4.79 Å². The second kappa shape index (κ2) is 8.25. The number of phenolic OH excluding ortho intramolecular Hbond substituents is 1. The smallest absolute Gasteiger partial charge is 0.336 e. The van der Waals surface area contributed by atoms with Crippen molar-refractivity contribution in [2.75, 3.05) is 34.9 Å². The molecule has 1 atom stereocenters. The van der Waals surface area contributed by atoms with Gasteiger partial charge in [-0.3, -0.25) is 9.69 Å². The molecule has 1 amide bonds. The highest BCUT2D eigenvalue weighted by Crippen LogP contribution is 2.47. The van der Waals surface area contributed by atoms with Crippen LogP contribution in [0.3, 0.4) is 0 Å². The van der Waals surface area contributed by atoms with Crippen molar-refractivity contribution in [3.8, 4) is 17.2 Å². The zero-order valence-corrected chi connectivity index (χ0v) is 18.5. The Morgan fingerprint density at radius 2 is 1.77 bits per heavy atom. The largest absolute Gasteiger partial charge is 0.502 e. The Kier molecular flexibility index (Phi) is 5.88. The Balaban J connectivity index is 2.33. The molecule has 0 saturated heterocycles. The van der Waals surface area contributed by atoms with E-state index in [0.29, 0.717) is 28.5 Å². The maximum absolute atomic E-state index is 13.4. The number of aromatic hydroxyl groups is 1. The fourth-order valence-electron chi connectivity index (χ4n) is 3.84. The third-order valence-corrected chi connectivity index (χ3v) is 5.52. The third-order valence-electron chi connectivity index (χ3n) is 5.52. The number of carbonyl (C=O) groups excluding carboxylic acids is 2. The van der Waals surface area contributed by atoms with E-state index in [4.69, 9.17) is 14.2 Å². The summed E-state index contributed by atoms with van der Waals surface area (Å²) in [5.74, 6) is -0.487. The van der Waals surface area contributed by atoms with Crippen LogP contribution in [0.5, 0.6) is 17.2 Å². The number of likely N-dealkylation sites (N-methyl/N-ethyl adjacent to an activating group) is 1. The first kappa shape index (κ1) is 22.1. The fourth-order valence-corrected chi connectivity index (χ4v) is 3.84. The van der Waals surface area contributed by atoms with E-state index in [2.05, 4.69) is 11.9 Å². The Labute approximate surface area is 181 Å². The quantitative estimate of drug-likeness (QED) is 0.686. The molecule has 0 radical (unpaired) electrons. The van der Waals surface area contributed by atoms with E-state index < -0.39 is 11.9 Å². The van der Waals surface area contributed by atoms with Crippen LogP contribution in [0.25, 0.3) is 0 Å². The molecule has 1 aromatic rings. The highest BCUT2D eigenvalue weighted by Gasteiger charge is 2.44. The molecule has 0 bridgehead atoms. The minimum Gasteiger partial charge on any atom is -0.502 e. The lowest BCUT2D eigenvalue weighted by Crippen LogP contribution is -2.48. The van der Waals surface area contributed by atoms with Crippen molar-refractivity contribution >= 4 is 11.9 Å². The zero-order chi connectivity index (χ0) is 23.0. The van der Waals surface area contributed by atoms with Gasteiger partial charge in [0.15, 0.2) is 11.5 Å². The number of amides is 1. The normalized spacial score (nSPS) is 18.7. The van der Waals surface area contributed by atoms with E-state index in [-0.39, 0.29) is 35.3 Å². The highest BCUT2D eigenvalue weighted by atomic mass is 16.5. The molecule has 2 heterocycles. The van der Waals surface area contributed by atoms with Crippen molar-refractivity contribution < 1.29 is 28.9 Å². The number of hydrogen-bond acceptors (Lipinski definition) is 8. The van der Waals surface area contributed by atoms with Gasteiger partial charge >= 0.3 is 5.97 Å². The summed E-state index contributed by atoms with van der Waals surface area (Å²) in [6.07, 6.45) is 0. The predicted octanol–water partition coefficient (Wildman–Crippen LogP) is 2.02. The summed E-state index contributed by atoms with van der Waals surface area (Å²) in [4.78, 5) is 29.5. The van der Waals surface area contributed by atoms with Crippen molar-refractivity contribution in [3.05, 3.63) is 52.8 Å². The Morgan fingerprint density at radius 3 is 2.29 bits per heavy atom. The molecule has 2 N–H and O–H groups in total. The number of hydrogen-bond donors (Lipinski definition) is 2. The summed E-state index contributed by atoms with van der Waals surface area (Å²) in [5, 5.41) is 13.5. The molecule has 1 aromatic carbocycles. The van der Waals surface area contributed by atoms with E-state index in [0.717, 1.165) is 0 Å². The van der Waals surface area contributed by atoms with Gasteiger partial charge in [0.1, 0.15) is 11.6 Å². The second-order valence-electron chi connectivity index (χ2n) is 7.19. The maximum Gasteiger partial charge on any atom is 0.336 e. The van der Waals surface area contributed by atoms with E-state index >= 15 is 0 Å². The highest BCUT2D eigenvalue weighted by molar-refractivity contribution is 6.03. The average Bonchev–Trinajstić information content (AvgIpc) is 2.75. The molecule has 9 heteroatoms. The number of carbonyl (C=O) groups is 2. The van der Waals surface area contributed by atoms with Crippen molar-refractivity contribution in [2.24, 2.45) is 0 Å². The van der Waals surface area contributed by atoms with Crippen molar-refractivity contribution in [3.63, 3.8) is 0 Å². The summed E-state index contributed by atoms with van der Waals surface area (Å²) < 4.78 is 15.9. The van der Waals surface area contributed by atoms with Gasteiger partial charge in [-0.2, -0.15) is 0 Å². The molecule has 0 fully saturated rings. The SMILES string of the molecule is C=C1N(C)C(=O)C2=C(NC(C)=C(C(=O)OCC)C2c2cc(OC)c(O)c(OC)c2)N1C. The van der Waals surface area contributed by atoms with E-state index in [1.165, 1.54) is 19.1 Å². The predicted molar refractivity (Wildman–Crippen MR) is 113 cm³/mol. The summed E-state index contributed by atoms with van der Waals surface area (Å²) in [5.41, 5.74) is 1.72. The number of ether oxygens (including phenoxy) is 3. The Morgan fingerprint density at radius 1 is 1.19 bits per heavy atom. The van der Waals surface area contributed by atoms with Gasteiger partial charge in [0, 0.05) is 19.8 Å². The lowest BCUT2D eigenvalue weighted by atomic mass is 9.79. The monoisotopic (exact) mass is 429 g/mol. The summed E-state index contributed by atoms with van der Waals surface area (Å²) in [6.45, 7) is 7.61. The number of methoxy groups -OCH3 is 2. The molecule has 0 saturated carbocycles. The number of nitrogens with zero attached hydrogens (tertiary/aromatic N) is 2. The Hall–Kier alpha value is -3.62. The first-order valence-electron chi connectivity index (χ1n) is 9.72. The van der Waals surface area contributed by atoms with Crippen LogP contribution >= 0.6 is 0 Å². The van der Waals surface area contributed by atoms with Gasteiger partial charge in [-0.15, -0.1) is 0 Å². The van der Waals surface area contributed by atoms with Crippen molar-refractivity contribution in [1.82, 2.24) is 15.1 Å². The molecule has 2 aliphatic heterocycles. The lowest BCUT2D eigenvalue weighted by Gasteiger charge is -2.42. The van der Waals surface area contributed by atoms with E-state index in [1.807, 2.05) is 0 Å². The molecular weight excluding hydrogens is 402 g/mol. The van der Waals surface area contributed by atoms with Crippen LogP contribution in [0.4, 0.5) is 0 Å². The number of dihydropyridines is 1. The zero-order valence-electron chi connectivity index (χ0n) is 18.5. The van der Waals surface area contributed by atoms with Crippen molar-refractivity contribution in [1.29, 1.82) is 0 Å². The number of phenols is 1. The minimum absolute atomic E-state index is 0.158. The fraction of sp³-hybridized carbons (Fsp3) is 0.364. The van der Waals surface area contributed by atoms with Crippen LogP contribution < -0.4 is 14.8 Å². The molecular formula is C22H27N3O6. The number of allylic oxidation sites excluding steroid dienone is 1. The summed E-state index contributed by atoms with van der Waals surface area (Å²) >= 11 is 0. The Bertz CT molecular complexity index is 1000. The molecule has 9 nitrogen and oxygen atoms in total. The number of rotatable bonds is 5. The van der Waals surface area contributed by atoms with Gasteiger partial charge in [-0.05, 0) is 31.5 Å². The van der Waals surface area contributed by atoms with Gasteiger partial charge in [0.2, 0.25) is 5.75 Å². The molecule has 1 unspecified atom stereocenters. The van der Waals surface area contributed by atoms with Crippen LogP contribution in [0.2, 0.25) is 0 Å². The van der Waals surface area contributed by atoms with Crippen LogP contribution in [0.1, 0.15) is 25.3 Å². The van der Waals surface area contributed by atoms with Crippen LogP contribution in [0.15, 0.2) is 47.2 Å². The summed E-state index contributed by atoms with van der Waals surface area (Å²) in [7, 11) is 6.23. The number of nitrogens with one attached hydrogen (secondary N) is 1. The van der Waals surface area contributed by atoms with Gasteiger partial charge in [-0.1, -0.05) is 6.58 Å². The first-order valence-corrected chi connectivity index (χ1v) is 9.72. The maximum atomic E-state index is 13.4. The van der Waals surface area contributed by atoms with Gasteiger partial charge < -0.3 is 29.5 Å². The average molecular weight is 429 g/mol. The van der Waals surface area contributed by atoms with Crippen LogP contribution in [-0.4, -0.2) is 61.7 Å². The van der Waals surface area contributed by atoms with Gasteiger partial charge in [0.25, 0.3) is 5.91 Å². The van der Waals surface area contributed by atoms with Crippen molar-refractivity contribution in [2.45, 2.75) is 19.8 Å². The molecule has 0 aromatic heterocycles. The second-order valence-corrected chi connectivity index (χ2v) is 7.19.